The summed E-state index contributed by atoms with van der Waals surface area (Å²) in [6.07, 6.45) is 17.3. The van der Waals surface area contributed by atoms with Crippen LogP contribution in [-0.4, -0.2) is 0 Å². The Hall–Kier alpha value is 0. The normalized spacial score (nSPS) is 39.9. The van der Waals surface area contributed by atoms with E-state index in [0.717, 1.165) is 29.6 Å². The van der Waals surface area contributed by atoms with Gasteiger partial charge in [-0.15, -0.1) is 0 Å². The first-order valence-corrected chi connectivity index (χ1v) is 13.5. The maximum Gasteiger partial charge on any atom is -0.0159 e. The summed E-state index contributed by atoms with van der Waals surface area (Å²) >= 11 is 0. The van der Waals surface area contributed by atoms with Crippen LogP contribution in [0.25, 0.3) is 0 Å². The maximum absolute atomic E-state index is 2.77. The second-order valence-corrected chi connectivity index (χ2v) is 12.7. The van der Waals surface area contributed by atoms with Gasteiger partial charge >= 0.3 is 0 Å². The van der Waals surface area contributed by atoms with E-state index in [-0.39, 0.29) is 0 Å². The van der Waals surface area contributed by atoms with Crippen LogP contribution in [0.3, 0.4) is 0 Å². The number of unbranched alkanes of at least 4 members (excludes halogenated alkanes) is 1. The second kappa shape index (κ2) is 10.1. The van der Waals surface area contributed by atoms with Crippen molar-refractivity contribution in [2.45, 2.75) is 139 Å². The standard InChI is InChI=1S/C29H56/c1-10-11-13-26(7)29-19-12-14-24(5)28(29,9)21-18-25(6)27(29,8)20-17-23(4)16-15-22(2)3/h22-26H,10-21H2,1-9H3. The Morgan fingerprint density at radius 2 is 1.52 bits per heavy atom. The van der Waals surface area contributed by atoms with Crippen molar-refractivity contribution in [2.24, 2.45) is 45.8 Å². The summed E-state index contributed by atoms with van der Waals surface area (Å²) in [5.41, 5.74) is 1.59. The van der Waals surface area contributed by atoms with Gasteiger partial charge in [-0.1, -0.05) is 114 Å². The average Bonchev–Trinajstić information content (AvgIpc) is 2.68. The van der Waals surface area contributed by atoms with Crippen molar-refractivity contribution in [2.75, 3.05) is 0 Å². The zero-order chi connectivity index (χ0) is 21.9. The highest BCUT2D eigenvalue weighted by Gasteiger charge is 2.66. The lowest BCUT2D eigenvalue weighted by molar-refractivity contribution is -0.223. The van der Waals surface area contributed by atoms with Crippen LogP contribution in [0.5, 0.6) is 0 Å². The molecule has 7 atom stereocenters. The fourth-order valence-corrected chi connectivity index (χ4v) is 8.32. The molecule has 2 aliphatic rings. The highest BCUT2D eigenvalue weighted by atomic mass is 14.7. The van der Waals surface area contributed by atoms with E-state index in [1.807, 2.05) is 0 Å². The van der Waals surface area contributed by atoms with Gasteiger partial charge in [0, 0.05) is 0 Å². The molecule has 0 heterocycles. The first-order chi connectivity index (χ1) is 13.5. The molecule has 172 valence electrons. The zero-order valence-corrected chi connectivity index (χ0v) is 21.9. The molecule has 0 spiro atoms. The molecular weight excluding hydrogens is 348 g/mol. The van der Waals surface area contributed by atoms with E-state index in [9.17, 15) is 0 Å². The molecule has 0 aliphatic heterocycles. The lowest BCUT2D eigenvalue weighted by Gasteiger charge is -2.71. The predicted molar refractivity (Wildman–Crippen MR) is 131 cm³/mol. The van der Waals surface area contributed by atoms with Gasteiger partial charge in [-0.2, -0.15) is 0 Å². The van der Waals surface area contributed by atoms with Crippen molar-refractivity contribution < 1.29 is 0 Å². The van der Waals surface area contributed by atoms with Crippen LogP contribution in [-0.2, 0) is 0 Å². The molecule has 2 rings (SSSR count). The predicted octanol–water partition coefficient (Wildman–Crippen LogP) is 9.91. The quantitative estimate of drug-likeness (QED) is 0.340. The first kappa shape index (κ1) is 25.3. The number of hydrogen-bond donors (Lipinski definition) is 0. The number of rotatable bonds is 10. The Kier molecular flexibility index (Phi) is 8.78. The zero-order valence-electron chi connectivity index (χ0n) is 21.9. The lowest BCUT2D eigenvalue weighted by atomic mass is 9.34. The SMILES string of the molecule is CCCCC(C)C12CCCC(C)C1(C)CCC(C)C2(C)CCC(C)CCC(C)C. The monoisotopic (exact) mass is 404 g/mol. The largest absolute Gasteiger partial charge is 0.0654 e. The molecule has 2 fully saturated rings. The van der Waals surface area contributed by atoms with Gasteiger partial charge in [-0.25, -0.2) is 0 Å². The summed E-state index contributed by atoms with van der Waals surface area (Å²) in [6.45, 7) is 23.1. The van der Waals surface area contributed by atoms with Crippen LogP contribution in [0.15, 0.2) is 0 Å². The van der Waals surface area contributed by atoms with E-state index in [1.165, 1.54) is 77.0 Å². The van der Waals surface area contributed by atoms with Crippen molar-refractivity contribution in [3.8, 4) is 0 Å². The minimum absolute atomic E-state index is 0.508. The van der Waals surface area contributed by atoms with E-state index >= 15 is 0 Å². The third-order valence-corrected chi connectivity index (χ3v) is 10.7. The fraction of sp³-hybridized carbons (Fsp3) is 1.00. The van der Waals surface area contributed by atoms with Crippen LogP contribution >= 0.6 is 0 Å². The molecule has 0 N–H and O–H groups in total. The third kappa shape index (κ3) is 4.62. The van der Waals surface area contributed by atoms with E-state index in [1.54, 1.807) is 0 Å². The Bertz CT molecular complexity index is 492. The summed E-state index contributed by atoms with van der Waals surface area (Å²) in [5, 5.41) is 0. The summed E-state index contributed by atoms with van der Waals surface area (Å²) in [4.78, 5) is 0. The van der Waals surface area contributed by atoms with E-state index in [2.05, 4.69) is 62.3 Å². The molecule has 0 amide bonds. The molecule has 0 radical (unpaired) electrons. The molecular formula is C29H56. The van der Waals surface area contributed by atoms with Gasteiger partial charge in [0.2, 0.25) is 0 Å². The summed E-state index contributed by atoms with van der Waals surface area (Å²) in [7, 11) is 0. The van der Waals surface area contributed by atoms with Crippen molar-refractivity contribution >= 4 is 0 Å². The Morgan fingerprint density at radius 1 is 0.828 bits per heavy atom. The summed E-state index contributed by atoms with van der Waals surface area (Å²) in [5.74, 6) is 4.38. The minimum atomic E-state index is 0.508. The lowest BCUT2D eigenvalue weighted by Crippen LogP contribution is -2.64. The van der Waals surface area contributed by atoms with Gasteiger partial charge in [0.1, 0.15) is 0 Å². The number of fused-ring (bicyclic) bond motifs is 1. The summed E-state index contributed by atoms with van der Waals surface area (Å²) < 4.78 is 0. The Balaban J connectivity index is 2.36. The molecule has 29 heavy (non-hydrogen) atoms. The van der Waals surface area contributed by atoms with Crippen LogP contribution in [0, 0.1) is 45.8 Å². The molecule has 0 nitrogen and oxygen atoms in total. The second-order valence-electron chi connectivity index (χ2n) is 12.7. The van der Waals surface area contributed by atoms with Crippen LogP contribution in [0.1, 0.15) is 139 Å². The molecule has 0 aromatic carbocycles. The van der Waals surface area contributed by atoms with E-state index < -0.39 is 0 Å². The highest BCUT2D eigenvalue weighted by Crippen LogP contribution is 2.73. The van der Waals surface area contributed by atoms with Crippen molar-refractivity contribution in [3.63, 3.8) is 0 Å². The number of hydrogen-bond acceptors (Lipinski definition) is 0. The summed E-state index contributed by atoms with van der Waals surface area (Å²) in [6, 6.07) is 0. The van der Waals surface area contributed by atoms with Gasteiger partial charge in [0.25, 0.3) is 0 Å². The van der Waals surface area contributed by atoms with Crippen molar-refractivity contribution in [3.05, 3.63) is 0 Å². The highest BCUT2D eigenvalue weighted by molar-refractivity contribution is 5.14. The van der Waals surface area contributed by atoms with Crippen molar-refractivity contribution in [1.29, 1.82) is 0 Å². The van der Waals surface area contributed by atoms with Gasteiger partial charge in [0.15, 0.2) is 0 Å². The van der Waals surface area contributed by atoms with Crippen molar-refractivity contribution in [1.82, 2.24) is 0 Å². The average molecular weight is 405 g/mol. The fourth-order valence-electron chi connectivity index (χ4n) is 8.32. The Morgan fingerprint density at radius 3 is 2.14 bits per heavy atom. The molecule has 0 aromatic heterocycles. The topological polar surface area (TPSA) is 0 Å². The minimum Gasteiger partial charge on any atom is -0.0654 e. The van der Waals surface area contributed by atoms with Gasteiger partial charge in [0.05, 0.1) is 0 Å². The Labute approximate surface area is 185 Å². The smallest absolute Gasteiger partial charge is 0.0159 e. The molecule has 0 heteroatoms. The van der Waals surface area contributed by atoms with Gasteiger partial charge in [-0.3, -0.25) is 0 Å². The van der Waals surface area contributed by atoms with E-state index in [4.69, 9.17) is 0 Å². The van der Waals surface area contributed by atoms with E-state index in [0.29, 0.717) is 16.2 Å². The molecule has 2 saturated carbocycles. The van der Waals surface area contributed by atoms with Crippen LogP contribution < -0.4 is 0 Å². The molecule has 0 aromatic rings. The molecule has 0 saturated heterocycles. The van der Waals surface area contributed by atoms with Crippen LogP contribution in [0.4, 0.5) is 0 Å². The third-order valence-electron chi connectivity index (χ3n) is 10.7. The van der Waals surface area contributed by atoms with Gasteiger partial charge in [-0.05, 0) is 71.5 Å². The van der Waals surface area contributed by atoms with Gasteiger partial charge < -0.3 is 0 Å². The van der Waals surface area contributed by atoms with Crippen LogP contribution in [0.2, 0.25) is 0 Å². The maximum atomic E-state index is 2.77. The first-order valence-electron chi connectivity index (χ1n) is 13.5. The molecule has 2 aliphatic carbocycles. The molecule has 7 unspecified atom stereocenters. The molecule has 0 bridgehead atoms.